The van der Waals surface area contributed by atoms with Crippen LogP contribution in [0.15, 0.2) is 5.16 Å². The lowest BCUT2D eigenvalue weighted by atomic mass is 9.80. The summed E-state index contributed by atoms with van der Waals surface area (Å²) in [6.07, 6.45) is -2.45. The normalized spacial score (nSPS) is 32.1. The van der Waals surface area contributed by atoms with Crippen LogP contribution in [-0.4, -0.2) is 60.3 Å². The molecule has 1 aliphatic carbocycles. The van der Waals surface area contributed by atoms with E-state index in [1.54, 1.807) is 0 Å². The van der Waals surface area contributed by atoms with Crippen molar-refractivity contribution in [3.63, 3.8) is 0 Å². The maximum atomic E-state index is 11.7. The minimum absolute atomic E-state index is 0.0523. The van der Waals surface area contributed by atoms with Gasteiger partial charge >= 0.3 is 5.97 Å². The fourth-order valence-electron chi connectivity index (χ4n) is 2.23. The van der Waals surface area contributed by atoms with Gasteiger partial charge in [0.25, 0.3) is 0 Å². The Morgan fingerprint density at radius 1 is 1.41 bits per heavy atom. The summed E-state index contributed by atoms with van der Waals surface area (Å²) in [6.45, 7) is 10.2. The van der Waals surface area contributed by atoms with Crippen molar-refractivity contribution in [2.45, 2.75) is 69.6 Å². The summed E-state index contributed by atoms with van der Waals surface area (Å²) in [5.74, 6) is -0.863. The highest BCUT2D eigenvalue weighted by molar-refractivity contribution is 6.74. The number of rotatable bonds is 3. The second kappa shape index (κ2) is 6.27. The summed E-state index contributed by atoms with van der Waals surface area (Å²) in [6, 6.07) is 0. The first-order valence-corrected chi connectivity index (χ1v) is 10.2. The first-order chi connectivity index (χ1) is 9.88. The van der Waals surface area contributed by atoms with E-state index in [0.29, 0.717) is 0 Å². The van der Waals surface area contributed by atoms with Gasteiger partial charge in [-0.3, -0.25) is 0 Å². The van der Waals surface area contributed by atoms with Gasteiger partial charge in [-0.05, 0) is 18.1 Å². The summed E-state index contributed by atoms with van der Waals surface area (Å²) in [5, 5.41) is 32.9. The minimum atomic E-state index is -2.22. The lowest BCUT2D eigenvalue weighted by molar-refractivity contribution is -0.167. The number of esters is 1. The summed E-state index contributed by atoms with van der Waals surface area (Å²) in [4.78, 5) is 11.7. The molecule has 1 rings (SSSR count). The highest BCUT2D eigenvalue weighted by Gasteiger charge is 2.51. The molecule has 0 aromatic heterocycles. The zero-order chi connectivity index (χ0) is 17.3. The van der Waals surface area contributed by atoms with Crippen LogP contribution < -0.4 is 0 Å². The molecule has 0 saturated heterocycles. The van der Waals surface area contributed by atoms with Crippen molar-refractivity contribution >= 4 is 20.0 Å². The van der Waals surface area contributed by atoms with Crippen LogP contribution >= 0.6 is 0 Å². The van der Waals surface area contributed by atoms with Crippen LogP contribution in [0.4, 0.5) is 0 Å². The Hall–Kier alpha value is -0.963. The summed E-state index contributed by atoms with van der Waals surface area (Å²) in [5.41, 5.74) is -1.85. The van der Waals surface area contributed by atoms with E-state index in [1.165, 1.54) is 0 Å². The van der Waals surface area contributed by atoms with Crippen LogP contribution in [0.3, 0.4) is 0 Å². The van der Waals surface area contributed by atoms with Crippen molar-refractivity contribution in [2.75, 3.05) is 7.11 Å². The lowest BCUT2D eigenvalue weighted by Crippen LogP contribution is -2.58. The van der Waals surface area contributed by atoms with Crippen LogP contribution in [0.5, 0.6) is 0 Å². The van der Waals surface area contributed by atoms with Gasteiger partial charge in [0, 0.05) is 12.8 Å². The van der Waals surface area contributed by atoms with Gasteiger partial charge in [-0.2, -0.15) is 0 Å². The summed E-state index contributed by atoms with van der Waals surface area (Å²) in [7, 11) is -1.07. The van der Waals surface area contributed by atoms with Gasteiger partial charge in [0.15, 0.2) is 13.9 Å². The fourth-order valence-corrected chi connectivity index (χ4v) is 3.51. The molecule has 0 bridgehead atoms. The molecule has 0 unspecified atom stereocenters. The van der Waals surface area contributed by atoms with Crippen molar-refractivity contribution < 1.29 is 29.4 Å². The number of aliphatic hydroxyl groups is 2. The van der Waals surface area contributed by atoms with Crippen LogP contribution in [0.1, 0.15) is 33.6 Å². The Kier molecular flexibility index (Phi) is 5.44. The molecule has 3 N–H and O–H groups in total. The van der Waals surface area contributed by atoms with Gasteiger partial charge < -0.3 is 24.6 Å². The predicted octanol–water partition coefficient (Wildman–Crippen LogP) is 1.27. The molecule has 7 nitrogen and oxygen atoms in total. The first kappa shape index (κ1) is 19.1. The molecule has 0 amide bonds. The van der Waals surface area contributed by atoms with Gasteiger partial charge in [0.1, 0.15) is 6.10 Å². The average Bonchev–Trinajstić information content (AvgIpc) is 2.39. The highest BCUT2D eigenvalue weighted by Crippen LogP contribution is 2.40. The minimum Gasteiger partial charge on any atom is -0.467 e. The molecule has 1 fully saturated rings. The lowest BCUT2D eigenvalue weighted by Gasteiger charge is -2.44. The standard InChI is InChI=1S/C14H27NO6Si/c1-13(2,3)22(5,6)21-11-9(15-19)7-14(18,8-10(11)16)12(17)20-4/h10-11,16,18-19H,7-8H2,1-6H3/b15-9+/t10-,11-,14+/m1/s1. The Labute approximate surface area is 132 Å². The van der Waals surface area contributed by atoms with Gasteiger partial charge in [-0.15, -0.1) is 0 Å². The molecule has 0 aliphatic heterocycles. The molecular weight excluding hydrogens is 306 g/mol. The van der Waals surface area contributed by atoms with E-state index in [1.807, 2.05) is 13.1 Å². The van der Waals surface area contributed by atoms with Crippen molar-refractivity contribution in [3.05, 3.63) is 0 Å². The maximum absolute atomic E-state index is 11.7. The van der Waals surface area contributed by atoms with Gasteiger partial charge in [0.2, 0.25) is 0 Å². The van der Waals surface area contributed by atoms with Crippen LogP contribution in [0.25, 0.3) is 0 Å². The third-order valence-electron chi connectivity index (χ3n) is 4.62. The number of nitrogens with zero attached hydrogens (tertiary/aromatic N) is 1. The monoisotopic (exact) mass is 333 g/mol. The van der Waals surface area contributed by atoms with E-state index in [2.05, 4.69) is 30.7 Å². The topological polar surface area (TPSA) is 109 Å². The molecule has 0 spiro atoms. The first-order valence-electron chi connectivity index (χ1n) is 7.25. The number of ether oxygens (including phenoxy) is 1. The van der Waals surface area contributed by atoms with E-state index in [0.717, 1.165) is 7.11 Å². The smallest absolute Gasteiger partial charge is 0.338 e. The quantitative estimate of drug-likeness (QED) is 0.311. The predicted molar refractivity (Wildman–Crippen MR) is 83.5 cm³/mol. The van der Waals surface area contributed by atoms with Gasteiger partial charge in [-0.25, -0.2) is 4.79 Å². The summed E-state index contributed by atoms with van der Waals surface area (Å²) < 4.78 is 10.7. The molecule has 1 saturated carbocycles. The molecule has 22 heavy (non-hydrogen) atoms. The molecular formula is C14H27NO6Si. The van der Waals surface area contributed by atoms with Crippen LogP contribution in [0.2, 0.25) is 18.1 Å². The van der Waals surface area contributed by atoms with E-state index in [9.17, 15) is 20.2 Å². The average molecular weight is 333 g/mol. The Morgan fingerprint density at radius 3 is 2.36 bits per heavy atom. The third kappa shape index (κ3) is 3.68. The van der Waals surface area contributed by atoms with Crippen LogP contribution in [0, 0.1) is 0 Å². The number of carbonyl (C=O) groups is 1. The number of methoxy groups -OCH3 is 1. The number of hydrogen-bond donors (Lipinski definition) is 3. The Morgan fingerprint density at radius 2 is 1.95 bits per heavy atom. The zero-order valence-electron chi connectivity index (χ0n) is 14.1. The van der Waals surface area contributed by atoms with E-state index >= 15 is 0 Å². The number of hydrogen-bond acceptors (Lipinski definition) is 7. The Balaban J connectivity index is 3.04. The SMILES string of the molecule is COC(=O)[C@]1(O)C/C(=N\O)[C@@H](O[Si](C)(C)C(C)(C)C)[C@H](O)C1. The molecule has 1 aliphatic rings. The van der Waals surface area contributed by atoms with Crippen molar-refractivity contribution in [1.29, 1.82) is 0 Å². The summed E-state index contributed by atoms with van der Waals surface area (Å²) >= 11 is 0. The molecule has 128 valence electrons. The Bertz CT molecular complexity index is 459. The van der Waals surface area contributed by atoms with Crippen molar-refractivity contribution in [3.8, 4) is 0 Å². The second-order valence-electron chi connectivity index (χ2n) is 7.36. The van der Waals surface area contributed by atoms with Crippen molar-refractivity contribution in [2.24, 2.45) is 5.16 Å². The second-order valence-corrected chi connectivity index (χ2v) is 12.1. The van der Waals surface area contributed by atoms with E-state index in [4.69, 9.17) is 4.43 Å². The zero-order valence-corrected chi connectivity index (χ0v) is 15.1. The molecule has 0 aromatic rings. The number of aliphatic hydroxyl groups excluding tert-OH is 1. The van der Waals surface area contributed by atoms with Gasteiger partial charge in [0.05, 0.1) is 18.9 Å². The van der Waals surface area contributed by atoms with E-state index < -0.39 is 32.1 Å². The molecule has 8 heteroatoms. The molecule has 3 atom stereocenters. The van der Waals surface area contributed by atoms with Crippen molar-refractivity contribution in [1.82, 2.24) is 0 Å². The maximum Gasteiger partial charge on any atom is 0.338 e. The molecule has 0 aromatic carbocycles. The van der Waals surface area contributed by atoms with Crippen LogP contribution in [-0.2, 0) is 14.0 Å². The number of carbonyl (C=O) groups excluding carboxylic acids is 1. The number of oxime groups is 1. The highest BCUT2D eigenvalue weighted by atomic mass is 28.4. The largest absolute Gasteiger partial charge is 0.467 e. The molecule has 0 heterocycles. The fraction of sp³-hybridized carbons (Fsp3) is 0.857. The van der Waals surface area contributed by atoms with E-state index in [-0.39, 0.29) is 23.6 Å². The van der Waals surface area contributed by atoms with Gasteiger partial charge in [-0.1, -0.05) is 25.9 Å². The molecule has 0 radical (unpaired) electrons. The third-order valence-corrected chi connectivity index (χ3v) is 9.08.